The van der Waals surface area contributed by atoms with Crippen LogP contribution in [0, 0.1) is 5.92 Å². The molecule has 0 aliphatic carbocycles. The summed E-state index contributed by atoms with van der Waals surface area (Å²) in [6, 6.07) is -3.76. The van der Waals surface area contributed by atoms with E-state index in [1.165, 1.54) is 6.92 Å². The van der Waals surface area contributed by atoms with E-state index in [9.17, 15) is 19.2 Å². The maximum absolute atomic E-state index is 12.5. The number of hydrogen-bond acceptors (Lipinski definition) is 7. The van der Waals surface area contributed by atoms with E-state index in [4.69, 9.17) is 10.8 Å². The lowest BCUT2D eigenvalue weighted by molar-refractivity contribution is -0.142. The largest absolute Gasteiger partial charge is 0.480 e. The molecule has 0 aromatic heterocycles. The van der Waals surface area contributed by atoms with Crippen molar-refractivity contribution in [3.63, 3.8) is 0 Å². The molecule has 3 amide bonds. The van der Waals surface area contributed by atoms with Crippen molar-refractivity contribution in [1.82, 2.24) is 16.0 Å². The summed E-state index contributed by atoms with van der Waals surface area (Å²) in [6.45, 7) is 4.75. The normalized spacial score (nSPS) is 15.4. The van der Waals surface area contributed by atoms with Gasteiger partial charge >= 0.3 is 5.97 Å². The highest BCUT2D eigenvalue weighted by atomic mass is 32.2. The molecule has 0 heterocycles. The lowest BCUT2D eigenvalue weighted by Crippen LogP contribution is -2.58. The van der Waals surface area contributed by atoms with Gasteiger partial charge in [-0.15, -0.1) is 0 Å². The fourth-order valence-corrected chi connectivity index (χ4v) is 2.75. The van der Waals surface area contributed by atoms with Crippen molar-refractivity contribution in [3.8, 4) is 0 Å². The van der Waals surface area contributed by atoms with Crippen LogP contribution in [0.1, 0.15) is 27.2 Å². The van der Waals surface area contributed by atoms with E-state index >= 15 is 0 Å². The molecular formula is C16H30N4O5S2. The third-order valence-electron chi connectivity index (χ3n) is 3.76. The van der Waals surface area contributed by atoms with Crippen LogP contribution in [0.25, 0.3) is 0 Å². The number of thioether (sulfide) groups is 1. The third kappa shape index (κ3) is 9.34. The summed E-state index contributed by atoms with van der Waals surface area (Å²) in [7, 11) is 0. The van der Waals surface area contributed by atoms with Gasteiger partial charge in [-0.2, -0.15) is 24.4 Å². The number of rotatable bonds is 12. The van der Waals surface area contributed by atoms with Crippen LogP contribution >= 0.6 is 24.4 Å². The Labute approximate surface area is 169 Å². The predicted octanol–water partition coefficient (Wildman–Crippen LogP) is -0.788. The predicted molar refractivity (Wildman–Crippen MR) is 109 cm³/mol. The quantitative estimate of drug-likeness (QED) is 0.226. The minimum absolute atomic E-state index is 0.0186. The monoisotopic (exact) mass is 422 g/mol. The molecule has 0 radical (unpaired) electrons. The minimum Gasteiger partial charge on any atom is -0.480 e. The van der Waals surface area contributed by atoms with E-state index < -0.39 is 47.9 Å². The number of nitrogens with one attached hydrogen (secondary N) is 3. The number of amides is 3. The summed E-state index contributed by atoms with van der Waals surface area (Å²) in [4.78, 5) is 47.7. The van der Waals surface area contributed by atoms with Gasteiger partial charge in [0.2, 0.25) is 17.7 Å². The fourth-order valence-electron chi connectivity index (χ4n) is 2.00. The molecule has 9 nitrogen and oxygen atoms in total. The number of hydrogen-bond donors (Lipinski definition) is 6. The Morgan fingerprint density at radius 1 is 1.04 bits per heavy atom. The van der Waals surface area contributed by atoms with Gasteiger partial charge in [0.25, 0.3) is 0 Å². The van der Waals surface area contributed by atoms with Crippen LogP contribution in [0.3, 0.4) is 0 Å². The molecule has 0 rings (SSSR count). The average molecular weight is 423 g/mol. The molecule has 4 atom stereocenters. The molecule has 6 N–H and O–H groups in total. The van der Waals surface area contributed by atoms with Gasteiger partial charge in [-0.1, -0.05) is 13.8 Å². The van der Waals surface area contributed by atoms with E-state index in [2.05, 4.69) is 28.6 Å². The molecule has 0 aliphatic rings. The van der Waals surface area contributed by atoms with Crippen LogP contribution in [0.2, 0.25) is 0 Å². The number of carbonyl (C=O) groups excluding carboxylic acids is 3. The van der Waals surface area contributed by atoms with Gasteiger partial charge in [-0.3, -0.25) is 19.2 Å². The second-order valence-electron chi connectivity index (χ2n) is 6.43. The summed E-state index contributed by atoms with van der Waals surface area (Å²) in [6.07, 6.45) is 2.37. The Kier molecular flexibility index (Phi) is 12.1. The highest BCUT2D eigenvalue weighted by Crippen LogP contribution is 2.05. The second kappa shape index (κ2) is 12.8. The van der Waals surface area contributed by atoms with Gasteiger partial charge in [-0.25, -0.2) is 0 Å². The van der Waals surface area contributed by atoms with Gasteiger partial charge in [0.1, 0.15) is 18.1 Å². The molecule has 0 aliphatic heterocycles. The SMILES string of the molecule is CSCCC(N)C(=O)NC(CS)C(=O)NC(C(=O)NC(C)C(=O)O)C(C)C. The molecule has 0 aromatic rings. The Morgan fingerprint density at radius 2 is 1.63 bits per heavy atom. The van der Waals surface area contributed by atoms with Crippen LogP contribution in [-0.2, 0) is 19.2 Å². The Hall–Kier alpha value is -1.46. The highest BCUT2D eigenvalue weighted by molar-refractivity contribution is 7.98. The summed E-state index contributed by atoms with van der Waals surface area (Å²) >= 11 is 5.64. The van der Waals surface area contributed by atoms with E-state index in [-0.39, 0.29) is 11.7 Å². The van der Waals surface area contributed by atoms with Crippen molar-refractivity contribution in [2.24, 2.45) is 11.7 Å². The van der Waals surface area contributed by atoms with Crippen LogP contribution in [-0.4, -0.2) is 70.7 Å². The average Bonchev–Trinajstić information content (AvgIpc) is 2.60. The van der Waals surface area contributed by atoms with Gasteiger partial charge in [0.05, 0.1) is 6.04 Å². The van der Waals surface area contributed by atoms with Crippen LogP contribution in [0.15, 0.2) is 0 Å². The molecule has 0 fully saturated rings. The maximum Gasteiger partial charge on any atom is 0.325 e. The fraction of sp³-hybridized carbons (Fsp3) is 0.750. The van der Waals surface area contributed by atoms with Crippen LogP contribution < -0.4 is 21.7 Å². The van der Waals surface area contributed by atoms with Gasteiger partial charge < -0.3 is 26.8 Å². The Balaban J connectivity index is 4.95. The van der Waals surface area contributed by atoms with Gasteiger partial charge in [0.15, 0.2) is 0 Å². The number of carboxylic acid groups (broad SMARTS) is 1. The molecule has 4 unspecified atom stereocenters. The first kappa shape index (κ1) is 25.5. The number of carbonyl (C=O) groups is 4. The molecular weight excluding hydrogens is 392 g/mol. The first-order valence-electron chi connectivity index (χ1n) is 8.54. The highest BCUT2D eigenvalue weighted by Gasteiger charge is 2.30. The molecule has 0 spiro atoms. The second-order valence-corrected chi connectivity index (χ2v) is 7.78. The molecule has 27 heavy (non-hydrogen) atoms. The van der Waals surface area contributed by atoms with Crippen molar-refractivity contribution in [1.29, 1.82) is 0 Å². The Morgan fingerprint density at radius 3 is 2.07 bits per heavy atom. The summed E-state index contributed by atoms with van der Waals surface area (Å²) in [5.74, 6) is -2.43. The van der Waals surface area contributed by atoms with E-state index in [0.717, 1.165) is 0 Å². The minimum atomic E-state index is -1.18. The molecule has 0 bridgehead atoms. The zero-order valence-corrected chi connectivity index (χ0v) is 17.7. The topological polar surface area (TPSA) is 151 Å². The number of thiol groups is 1. The van der Waals surface area contributed by atoms with Gasteiger partial charge in [-0.05, 0) is 31.3 Å². The number of nitrogens with two attached hydrogens (primary N) is 1. The smallest absolute Gasteiger partial charge is 0.325 e. The lowest BCUT2D eigenvalue weighted by atomic mass is 10.0. The molecule has 0 aromatic carbocycles. The summed E-state index contributed by atoms with van der Waals surface area (Å²) in [5, 5.41) is 16.3. The lowest BCUT2D eigenvalue weighted by Gasteiger charge is -2.26. The van der Waals surface area contributed by atoms with Crippen molar-refractivity contribution < 1.29 is 24.3 Å². The Bertz CT molecular complexity index is 533. The van der Waals surface area contributed by atoms with Crippen molar-refractivity contribution in [3.05, 3.63) is 0 Å². The standard InChI is InChI=1S/C16H30N4O5S2/c1-8(2)12(15(23)18-9(3)16(24)25)20-14(22)11(7-26)19-13(21)10(17)5-6-27-4/h8-12,26H,5-7,17H2,1-4H3,(H,18,23)(H,19,21)(H,20,22)(H,24,25). The maximum atomic E-state index is 12.5. The summed E-state index contributed by atoms with van der Waals surface area (Å²) in [5.41, 5.74) is 5.79. The van der Waals surface area contributed by atoms with Crippen LogP contribution in [0.4, 0.5) is 0 Å². The van der Waals surface area contributed by atoms with Gasteiger partial charge in [0, 0.05) is 5.75 Å². The molecule has 0 saturated carbocycles. The zero-order chi connectivity index (χ0) is 21.1. The van der Waals surface area contributed by atoms with Crippen molar-refractivity contribution in [2.75, 3.05) is 17.8 Å². The van der Waals surface area contributed by atoms with E-state index in [0.29, 0.717) is 12.2 Å². The van der Waals surface area contributed by atoms with Crippen molar-refractivity contribution >= 4 is 48.1 Å². The molecule has 0 saturated heterocycles. The van der Waals surface area contributed by atoms with E-state index in [1.54, 1.807) is 25.6 Å². The van der Waals surface area contributed by atoms with E-state index in [1.807, 2.05) is 6.26 Å². The first-order chi connectivity index (χ1) is 12.5. The van der Waals surface area contributed by atoms with Crippen LogP contribution in [0.5, 0.6) is 0 Å². The first-order valence-corrected chi connectivity index (χ1v) is 10.6. The summed E-state index contributed by atoms with van der Waals surface area (Å²) < 4.78 is 0. The number of aliphatic carboxylic acids is 1. The third-order valence-corrected chi connectivity index (χ3v) is 4.77. The van der Waals surface area contributed by atoms with Crippen molar-refractivity contribution in [2.45, 2.75) is 51.4 Å². The molecule has 11 heteroatoms. The molecule has 156 valence electrons. The number of carboxylic acids is 1. The zero-order valence-electron chi connectivity index (χ0n) is 16.0.